The molecule has 0 aliphatic carbocycles. The molecule has 146 valence electrons. The van der Waals surface area contributed by atoms with Gasteiger partial charge in [-0.2, -0.15) is 13.2 Å². The molecular weight excluding hydrogens is 419 g/mol. The van der Waals surface area contributed by atoms with Crippen LogP contribution < -0.4 is 10.6 Å². The molecule has 29 heavy (non-hydrogen) atoms. The Morgan fingerprint density at radius 1 is 1.03 bits per heavy atom. The van der Waals surface area contributed by atoms with Gasteiger partial charge in [-0.15, -0.1) is 22.7 Å². The van der Waals surface area contributed by atoms with E-state index in [0.717, 1.165) is 23.0 Å². The van der Waals surface area contributed by atoms with Gasteiger partial charge in [0.2, 0.25) is 0 Å². The summed E-state index contributed by atoms with van der Waals surface area (Å²) in [6.07, 6.45) is -5.20. The number of hydrogen-bond acceptors (Lipinski definition) is 5. The number of carbonyl (C=O) groups is 1. The van der Waals surface area contributed by atoms with E-state index in [4.69, 9.17) is 0 Å². The minimum Gasteiger partial charge on any atom is -0.360 e. The lowest BCUT2D eigenvalue weighted by Gasteiger charge is -2.26. The number of thiophene rings is 2. The molecule has 4 heterocycles. The standard InChI is InChI=1S/C20H12F3N3OS2/c21-20(22,23)11-9-12(13-7-4-8-28-13)24-19-14(11)15-16(29-19)18(27)26-17(25-15)10-5-2-1-3-6-10/h1-9,17,25H,(H,26,27)/t17-/m1/s1. The van der Waals surface area contributed by atoms with Crippen molar-refractivity contribution in [3.05, 3.63) is 69.9 Å². The van der Waals surface area contributed by atoms with E-state index in [-0.39, 0.29) is 26.5 Å². The maximum Gasteiger partial charge on any atom is 0.417 e. The third kappa shape index (κ3) is 3.06. The number of halogens is 3. The van der Waals surface area contributed by atoms with E-state index in [1.165, 1.54) is 11.3 Å². The van der Waals surface area contributed by atoms with Crippen molar-refractivity contribution in [1.82, 2.24) is 10.3 Å². The highest BCUT2D eigenvalue weighted by molar-refractivity contribution is 7.21. The molecule has 1 amide bonds. The molecular formula is C20H12F3N3OS2. The maximum atomic E-state index is 14.0. The second-order valence-corrected chi connectivity index (χ2v) is 8.42. The van der Waals surface area contributed by atoms with Gasteiger partial charge in [0.05, 0.1) is 21.8 Å². The number of carbonyl (C=O) groups excluding carboxylic acids is 1. The lowest BCUT2D eigenvalue weighted by atomic mass is 10.1. The summed E-state index contributed by atoms with van der Waals surface area (Å²) in [5.41, 5.74) is 0.388. The van der Waals surface area contributed by atoms with Gasteiger partial charge in [0.25, 0.3) is 5.91 Å². The van der Waals surface area contributed by atoms with Gasteiger partial charge in [0, 0.05) is 5.39 Å². The number of amides is 1. The van der Waals surface area contributed by atoms with Gasteiger partial charge in [-0.05, 0) is 23.1 Å². The number of rotatable bonds is 2. The van der Waals surface area contributed by atoms with Crippen LogP contribution in [0.3, 0.4) is 0 Å². The van der Waals surface area contributed by atoms with Crippen molar-refractivity contribution in [2.75, 3.05) is 5.32 Å². The second-order valence-electron chi connectivity index (χ2n) is 6.48. The van der Waals surface area contributed by atoms with Crippen molar-refractivity contribution in [3.63, 3.8) is 0 Å². The summed E-state index contributed by atoms with van der Waals surface area (Å²) in [6.45, 7) is 0. The highest BCUT2D eigenvalue weighted by Gasteiger charge is 2.38. The summed E-state index contributed by atoms with van der Waals surface area (Å²) in [5, 5.41) is 7.60. The van der Waals surface area contributed by atoms with Crippen LogP contribution in [-0.4, -0.2) is 10.9 Å². The largest absolute Gasteiger partial charge is 0.417 e. The van der Waals surface area contributed by atoms with E-state index in [1.54, 1.807) is 41.8 Å². The fourth-order valence-corrected chi connectivity index (χ4v) is 5.11. The number of pyridine rings is 1. The summed E-state index contributed by atoms with van der Waals surface area (Å²) in [5.74, 6) is -0.415. The zero-order valence-corrected chi connectivity index (χ0v) is 16.2. The number of aromatic nitrogens is 1. The molecule has 1 aliphatic heterocycles. The molecule has 0 saturated heterocycles. The van der Waals surface area contributed by atoms with Crippen molar-refractivity contribution in [2.24, 2.45) is 0 Å². The molecule has 1 atom stereocenters. The van der Waals surface area contributed by atoms with Crippen LogP contribution in [0, 0.1) is 0 Å². The minimum atomic E-state index is -4.58. The quantitative estimate of drug-likeness (QED) is 0.416. The average Bonchev–Trinajstić information content (AvgIpc) is 3.35. The molecule has 0 radical (unpaired) electrons. The molecule has 4 nitrogen and oxygen atoms in total. The number of alkyl halides is 3. The first-order valence-electron chi connectivity index (χ1n) is 8.63. The lowest BCUT2D eigenvalue weighted by molar-refractivity contribution is -0.136. The van der Waals surface area contributed by atoms with Crippen LogP contribution >= 0.6 is 22.7 Å². The van der Waals surface area contributed by atoms with Gasteiger partial charge >= 0.3 is 6.18 Å². The van der Waals surface area contributed by atoms with Crippen LogP contribution in [0.4, 0.5) is 18.9 Å². The van der Waals surface area contributed by atoms with Crippen LogP contribution in [0.15, 0.2) is 53.9 Å². The van der Waals surface area contributed by atoms with Crippen molar-refractivity contribution < 1.29 is 18.0 Å². The Morgan fingerprint density at radius 2 is 1.83 bits per heavy atom. The third-order valence-electron chi connectivity index (χ3n) is 4.64. The van der Waals surface area contributed by atoms with Crippen LogP contribution in [0.5, 0.6) is 0 Å². The average molecular weight is 431 g/mol. The summed E-state index contributed by atoms with van der Waals surface area (Å²) in [4.78, 5) is 18.1. The van der Waals surface area contributed by atoms with Crippen LogP contribution in [0.2, 0.25) is 0 Å². The van der Waals surface area contributed by atoms with Gasteiger partial charge in [-0.1, -0.05) is 36.4 Å². The predicted octanol–water partition coefficient (Wildman–Crippen LogP) is 5.90. The molecule has 0 saturated carbocycles. The van der Waals surface area contributed by atoms with Crippen LogP contribution in [0.1, 0.15) is 27.0 Å². The molecule has 1 aromatic carbocycles. The SMILES string of the molecule is O=C1N[C@H](c2ccccc2)Nc2c1sc1nc(-c3cccs3)cc(C(F)(F)F)c21. The van der Waals surface area contributed by atoms with Crippen molar-refractivity contribution in [3.8, 4) is 10.6 Å². The normalized spacial score (nSPS) is 16.4. The fraction of sp³-hybridized carbons (Fsp3) is 0.100. The first kappa shape index (κ1) is 18.1. The predicted molar refractivity (Wildman–Crippen MR) is 108 cm³/mol. The highest BCUT2D eigenvalue weighted by Crippen LogP contribution is 2.46. The zero-order chi connectivity index (χ0) is 20.2. The zero-order valence-electron chi connectivity index (χ0n) is 14.6. The van der Waals surface area contributed by atoms with Gasteiger partial charge in [0.1, 0.15) is 15.9 Å². The van der Waals surface area contributed by atoms with Crippen molar-refractivity contribution >= 4 is 44.5 Å². The highest BCUT2D eigenvalue weighted by atomic mass is 32.1. The van der Waals surface area contributed by atoms with Crippen molar-refractivity contribution in [2.45, 2.75) is 12.3 Å². The van der Waals surface area contributed by atoms with E-state index in [1.807, 2.05) is 6.07 Å². The molecule has 0 fully saturated rings. The van der Waals surface area contributed by atoms with Crippen molar-refractivity contribution in [1.29, 1.82) is 0 Å². The van der Waals surface area contributed by atoms with Gasteiger partial charge in [-0.3, -0.25) is 4.79 Å². The van der Waals surface area contributed by atoms with E-state index in [0.29, 0.717) is 4.88 Å². The molecule has 9 heteroatoms. The monoisotopic (exact) mass is 431 g/mol. The Kier molecular flexibility index (Phi) is 4.11. The Morgan fingerprint density at radius 3 is 2.52 bits per heavy atom. The molecule has 3 aromatic heterocycles. The van der Waals surface area contributed by atoms with Crippen LogP contribution in [0.25, 0.3) is 20.8 Å². The summed E-state index contributed by atoms with van der Waals surface area (Å²) in [7, 11) is 0. The molecule has 0 bridgehead atoms. The molecule has 0 unspecified atom stereocenters. The van der Waals surface area contributed by atoms with E-state index in [9.17, 15) is 18.0 Å². The lowest BCUT2D eigenvalue weighted by Crippen LogP contribution is -2.37. The number of hydrogen-bond donors (Lipinski definition) is 2. The minimum absolute atomic E-state index is 0.0615. The van der Waals surface area contributed by atoms with E-state index in [2.05, 4.69) is 15.6 Å². The van der Waals surface area contributed by atoms with Crippen LogP contribution in [-0.2, 0) is 6.18 Å². The summed E-state index contributed by atoms with van der Waals surface area (Å²) >= 11 is 2.28. The Balaban J connectivity index is 1.73. The molecule has 4 aromatic rings. The second kappa shape index (κ2) is 6.57. The number of fused-ring (bicyclic) bond motifs is 3. The maximum absolute atomic E-state index is 14.0. The Hall–Kier alpha value is -2.91. The third-order valence-corrected chi connectivity index (χ3v) is 6.62. The molecule has 2 N–H and O–H groups in total. The molecule has 5 rings (SSSR count). The number of benzene rings is 1. The van der Waals surface area contributed by atoms with E-state index >= 15 is 0 Å². The smallest absolute Gasteiger partial charge is 0.360 e. The number of nitrogens with one attached hydrogen (secondary N) is 2. The molecule has 1 aliphatic rings. The van der Waals surface area contributed by atoms with Gasteiger partial charge < -0.3 is 10.6 Å². The first-order valence-corrected chi connectivity index (χ1v) is 10.3. The van der Waals surface area contributed by atoms with Gasteiger partial charge in [0.15, 0.2) is 0 Å². The molecule has 0 spiro atoms. The fourth-order valence-electron chi connectivity index (χ4n) is 3.36. The number of nitrogens with zero attached hydrogens (tertiary/aromatic N) is 1. The van der Waals surface area contributed by atoms with E-state index < -0.39 is 23.8 Å². The summed E-state index contributed by atoms with van der Waals surface area (Å²) in [6, 6.07) is 13.6. The van der Waals surface area contributed by atoms with Gasteiger partial charge in [-0.25, -0.2) is 4.98 Å². The number of anilines is 1. The summed E-state index contributed by atoms with van der Waals surface area (Å²) < 4.78 is 41.9. The Labute approximate surface area is 171 Å². The topological polar surface area (TPSA) is 54.0 Å². The Bertz CT molecular complexity index is 1220. The first-order chi connectivity index (χ1) is 13.9.